The largest absolute Gasteiger partial charge is 0.316 e. The average Bonchev–Trinajstić information content (AvgIpc) is 2.95. The zero-order valence-corrected chi connectivity index (χ0v) is 14.0. The molecule has 1 unspecified atom stereocenters. The maximum atomic E-state index is 12.4. The molecule has 0 bridgehead atoms. The van der Waals surface area contributed by atoms with Crippen LogP contribution in [0.1, 0.15) is 23.5 Å². The van der Waals surface area contributed by atoms with Gasteiger partial charge in [-0.15, -0.1) is 11.3 Å². The van der Waals surface area contributed by atoms with E-state index in [-0.39, 0.29) is 10.9 Å². The summed E-state index contributed by atoms with van der Waals surface area (Å²) in [6, 6.07) is 4.30. The van der Waals surface area contributed by atoms with Gasteiger partial charge in [0.2, 0.25) is 10.0 Å². The summed E-state index contributed by atoms with van der Waals surface area (Å²) in [6.45, 7) is 2.27. The Labute approximate surface area is 133 Å². The maximum Gasteiger partial charge on any atom is 0.241 e. The van der Waals surface area contributed by atoms with Gasteiger partial charge in [-0.05, 0) is 37.7 Å². The van der Waals surface area contributed by atoms with Gasteiger partial charge in [-0.1, -0.05) is 11.6 Å². The van der Waals surface area contributed by atoms with Crippen molar-refractivity contribution in [2.75, 3.05) is 7.05 Å². The van der Waals surface area contributed by atoms with Gasteiger partial charge in [0.15, 0.2) is 0 Å². The molecule has 114 valence electrons. The Morgan fingerprint density at radius 3 is 2.81 bits per heavy atom. The number of rotatable bonds is 6. The summed E-state index contributed by atoms with van der Waals surface area (Å²) >= 11 is 7.46. The van der Waals surface area contributed by atoms with Crippen LogP contribution in [0.4, 0.5) is 0 Å². The second-order valence-electron chi connectivity index (χ2n) is 4.50. The first-order chi connectivity index (χ1) is 9.94. The smallest absolute Gasteiger partial charge is 0.241 e. The van der Waals surface area contributed by atoms with E-state index in [0.29, 0.717) is 11.6 Å². The van der Waals surface area contributed by atoms with Crippen molar-refractivity contribution >= 4 is 33.0 Å². The van der Waals surface area contributed by atoms with Crippen LogP contribution in [0, 0.1) is 0 Å². The van der Waals surface area contributed by atoms with Gasteiger partial charge in [0.05, 0.1) is 10.9 Å². The maximum absolute atomic E-state index is 12.4. The van der Waals surface area contributed by atoms with E-state index < -0.39 is 10.0 Å². The molecular formula is C13H16ClN3O2S2. The molecule has 8 heteroatoms. The second kappa shape index (κ2) is 6.85. The number of nitrogens with zero attached hydrogens (tertiary/aromatic N) is 1. The van der Waals surface area contributed by atoms with Crippen LogP contribution in [-0.2, 0) is 16.6 Å². The fourth-order valence-electron chi connectivity index (χ4n) is 1.84. The lowest BCUT2D eigenvalue weighted by Crippen LogP contribution is -2.27. The van der Waals surface area contributed by atoms with Crippen LogP contribution < -0.4 is 10.0 Å². The Morgan fingerprint density at radius 2 is 2.19 bits per heavy atom. The van der Waals surface area contributed by atoms with Crippen molar-refractivity contribution in [3.05, 3.63) is 45.4 Å². The number of benzene rings is 1. The van der Waals surface area contributed by atoms with E-state index >= 15 is 0 Å². The van der Waals surface area contributed by atoms with Crippen molar-refractivity contribution in [2.24, 2.45) is 0 Å². The zero-order valence-electron chi connectivity index (χ0n) is 11.6. The highest BCUT2D eigenvalue weighted by atomic mass is 35.5. The molecule has 0 fully saturated rings. The summed E-state index contributed by atoms with van der Waals surface area (Å²) in [7, 11) is -1.83. The monoisotopic (exact) mass is 345 g/mol. The lowest BCUT2D eigenvalue weighted by molar-refractivity contribution is 0.566. The molecule has 2 aromatic rings. The molecule has 0 amide bonds. The molecule has 1 atom stereocenters. The lowest BCUT2D eigenvalue weighted by atomic mass is 10.2. The zero-order chi connectivity index (χ0) is 15.5. The van der Waals surface area contributed by atoms with E-state index in [1.165, 1.54) is 17.4 Å². The van der Waals surface area contributed by atoms with Crippen molar-refractivity contribution in [1.82, 2.24) is 15.0 Å². The Kier molecular flexibility index (Phi) is 5.34. The van der Waals surface area contributed by atoms with E-state index in [0.717, 1.165) is 10.6 Å². The molecule has 1 aromatic heterocycles. The molecule has 5 nitrogen and oxygen atoms in total. The molecule has 21 heavy (non-hydrogen) atoms. The SMILES string of the molecule is CNCc1cc(S(=O)(=O)NC(C)c2nccs2)ccc1Cl. The van der Waals surface area contributed by atoms with Gasteiger partial charge in [-0.2, -0.15) is 0 Å². The third kappa shape index (κ3) is 4.02. The average molecular weight is 346 g/mol. The fourth-order valence-corrected chi connectivity index (χ4v) is 4.01. The van der Waals surface area contributed by atoms with E-state index in [1.807, 2.05) is 5.38 Å². The van der Waals surface area contributed by atoms with Crippen LogP contribution in [0.3, 0.4) is 0 Å². The van der Waals surface area contributed by atoms with Crippen molar-refractivity contribution in [1.29, 1.82) is 0 Å². The number of thiazole rings is 1. The quantitative estimate of drug-likeness (QED) is 0.844. The summed E-state index contributed by atoms with van der Waals surface area (Å²) in [4.78, 5) is 4.31. The Morgan fingerprint density at radius 1 is 1.43 bits per heavy atom. The molecule has 0 aliphatic heterocycles. The van der Waals surface area contributed by atoms with Crippen molar-refractivity contribution in [3.63, 3.8) is 0 Å². The van der Waals surface area contributed by atoms with Crippen LogP contribution in [0.25, 0.3) is 0 Å². The van der Waals surface area contributed by atoms with Crippen LogP contribution in [-0.4, -0.2) is 20.4 Å². The van der Waals surface area contributed by atoms with Gasteiger partial charge in [-0.25, -0.2) is 18.1 Å². The summed E-state index contributed by atoms with van der Waals surface area (Å²) in [5.74, 6) is 0. The minimum atomic E-state index is -3.61. The number of nitrogens with one attached hydrogen (secondary N) is 2. The lowest BCUT2D eigenvalue weighted by Gasteiger charge is -2.13. The highest BCUT2D eigenvalue weighted by Crippen LogP contribution is 2.23. The van der Waals surface area contributed by atoms with Gasteiger partial charge in [0, 0.05) is 23.1 Å². The van der Waals surface area contributed by atoms with Crippen molar-refractivity contribution in [3.8, 4) is 0 Å². The van der Waals surface area contributed by atoms with Crippen molar-refractivity contribution < 1.29 is 8.42 Å². The number of aromatic nitrogens is 1. The number of halogens is 1. The van der Waals surface area contributed by atoms with Gasteiger partial charge in [0.1, 0.15) is 5.01 Å². The molecule has 2 rings (SSSR count). The predicted octanol–water partition coefficient (Wildman–Crippen LogP) is 2.56. The first-order valence-corrected chi connectivity index (χ1v) is 9.03. The Hall–Kier alpha value is -0.990. The minimum absolute atomic E-state index is 0.195. The molecule has 1 heterocycles. The van der Waals surface area contributed by atoms with Crippen LogP contribution in [0.15, 0.2) is 34.7 Å². The highest BCUT2D eigenvalue weighted by molar-refractivity contribution is 7.89. The molecule has 0 saturated carbocycles. The molecule has 0 aliphatic rings. The van der Waals surface area contributed by atoms with E-state index in [2.05, 4.69) is 15.0 Å². The molecule has 0 aliphatic carbocycles. The topological polar surface area (TPSA) is 71.1 Å². The summed E-state index contributed by atoms with van der Waals surface area (Å²) in [5.41, 5.74) is 0.740. The minimum Gasteiger partial charge on any atom is -0.316 e. The number of hydrogen-bond acceptors (Lipinski definition) is 5. The standard InChI is InChI=1S/C13H16ClN3O2S2/c1-9(13-16-5-6-20-13)17-21(18,19)11-3-4-12(14)10(7-11)8-15-2/h3-7,9,15,17H,8H2,1-2H3. The summed E-state index contributed by atoms with van der Waals surface area (Å²) in [6.07, 6.45) is 1.65. The normalized spacial score (nSPS) is 13.3. The van der Waals surface area contributed by atoms with Crippen LogP contribution in [0.5, 0.6) is 0 Å². The van der Waals surface area contributed by atoms with Gasteiger partial charge in [0.25, 0.3) is 0 Å². The Bertz CT molecular complexity index is 702. The van der Waals surface area contributed by atoms with Gasteiger partial charge in [-0.3, -0.25) is 0 Å². The van der Waals surface area contributed by atoms with Crippen LogP contribution >= 0.6 is 22.9 Å². The molecule has 0 spiro atoms. The van der Waals surface area contributed by atoms with E-state index in [9.17, 15) is 8.42 Å². The highest BCUT2D eigenvalue weighted by Gasteiger charge is 2.20. The van der Waals surface area contributed by atoms with Crippen LogP contribution in [0.2, 0.25) is 5.02 Å². The molecule has 2 N–H and O–H groups in total. The summed E-state index contributed by atoms with van der Waals surface area (Å²) < 4.78 is 27.4. The molecule has 1 aromatic carbocycles. The van der Waals surface area contributed by atoms with E-state index in [4.69, 9.17) is 11.6 Å². The predicted molar refractivity (Wildman–Crippen MR) is 85.1 cm³/mol. The molecule has 0 radical (unpaired) electrons. The number of hydrogen-bond donors (Lipinski definition) is 2. The second-order valence-corrected chi connectivity index (χ2v) is 7.54. The third-order valence-corrected chi connectivity index (χ3v) is 5.71. The Balaban J connectivity index is 2.25. The molecule has 0 saturated heterocycles. The van der Waals surface area contributed by atoms with Crippen molar-refractivity contribution in [2.45, 2.75) is 24.4 Å². The van der Waals surface area contributed by atoms with Gasteiger partial charge < -0.3 is 5.32 Å². The van der Waals surface area contributed by atoms with E-state index in [1.54, 1.807) is 32.3 Å². The fraction of sp³-hybridized carbons (Fsp3) is 0.308. The van der Waals surface area contributed by atoms with Gasteiger partial charge >= 0.3 is 0 Å². The first kappa shape index (κ1) is 16.4. The summed E-state index contributed by atoms with van der Waals surface area (Å²) in [5, 5.41) is 6.03. The third-order valence-electron chi connectivity index (χ3n) is 2.85. The first-order valence-electron chi connectivity index (χ1n) is 6.29. The number of sulfonamides is 1. The molecular weight excluding hydrogens is 330 g/mol.